The number of benzene rings is 1. The van der Waals surface area contributed by atoms with Gasteiger partial charge in [-0.05, 0) is 68.3 Å². The maximum absolute atomic E-state index is 12.5. The summed E-state index contributed by atoms with van der Waals surface area (Å²) < 4.78 is 0. The van der Waals surface area contributed by atoms with Gasteiger partial charge in [0.05, 0.1) is 0 Å². The molecule has 3 heteroatoms. The van der Waals surface area contributed by atoms with Crippen LogP contribution in [0.25, 0.3) is 0 Å². The van der Waals surface area contributed by atoms with E-state index in [0.29, 0.717) is 18.4 Å². The fraction of sp³-hybridized carbons (Fsp3) is 0.625. The number of hydrogen-bond donors (Lipinski definition) is 2. The van der Waals surface area contributed by atoms with Gasteiger partial charge in [-0.2, -0.15) is 0 Å². The number of amides is 2. The van der Waals surface area contributed by atoms with Gasteiger partial charge in [0.15, 0.2) is 0 Å². The Kier molecular flexibility index (Phi) is 5.98. The quantitative estimate of drug-likeness (QED) is 0.665. The van der Waals surface area contributed by atoms with Crippen LogP contribution in [0.1, 0.15) is 65.4 Å². The Morgan fingerprint density at radius 1 is 1.22 bits per heavy atom. The standard InChI is InChI=1S/C24H36N2O/c1-18(2)21-11-10-19(3)24(16-21)14-13-23(4,17-24)26-22(27)25-15-12-20-8-6-5-7-9-20/h5-9,16,18-19H,10-15,17H2,1-4H3,(H2,25,26,27)/t19-,23-,24+/m0/s1. The molecule has 0 radical (unpaired) electrons. The summed E-state index contributed by atoms with van der Waals surface area (Å²) in [5, 5.41) is 6.35. The summed E-state index contributed by atoms with van der Waals surface area (Å²) >= 11 is 0. The number of hydrogen-bond acceptors (Lipinski definition) is 1. The van der Waals surface area contributed by atoms with Gasteiger partial charge < -0.3 is 10.6 Å². The summed E-state index contributed by atoms with van der Waals surface area (Å²) in [6.45, 7) is 9.91. The minimum absolute atomic E-state index is 0.0259. The number of allylic oxidation sites excluding steroid dienone is 2. The maximum atomic E-state index is 12.5. The van der Waals surface area contributed by atoms with Crippen molar-refractivity contribution < 1.29 is 4.79 Å². The average Bonchev–Trinajstić information content (AvgIpc) is 2.95. The molecule has 0 heterocycles. The van der Waals surface area contributed by atoms with Gasteiger partial charge in [-0.1, -0.05) is 62.8 Å². The third kappa shape index (κ3) is 4.75. The molecule has 2 aliphatic rings. The van der Waals surface area contributed by atoms with Gasteiger partial charge in [0, 0.05) is 12.1 Å². The molecule has 3 atom stereocenters. The first-order valence-corrected chi connectivity index (χ1v) is 10.6. The summed E-state index contributed by atoms with van der Waals surface area (Å²) in [4.78, 5) is 12.5. The molecule has 2 N–H and O–H groups in total. The zero-order valence-corrected chi connectivity index (χ0v) is 17.5. The Morgan fingerprint density at radius 3 is 2.67 bits per heavy atom. The van der Waals surface area contributed by atoms with Gasteiger partial charge in [-0.3, -0.25) is 0 Å². The van der Waals surface area contributed by atoms with Crippen LogP contribution in [0.15, 0.2) is 42.0 Å². The monoisotopic (exact) mass is 368 g/mol. The van der Waals surface area contributed by atoms with Gasteiger partial charge in [-0.15, -0.1) is 0 Å². The van der Waals surface area contributed by atoms with E-state index in [-0.39, 0.29) is 17.0 Å². The number of carbonyl (C=O) groups excluding carboxylic acids is 1. The van der Waals surface area contributed by atoms with E-state index in [4.69, 9.17) is 0 Å². The third-order valence-corrected chi connectivity index (χ3v) is 6.88. The summed E-state index contributed by atoms with van der Waals surface area (Å²) in [5.74, 6) is 1.33. The van der Waals surface area contributed by atoms with Crippen LogP contribution in [-0.4, -0.2) is 18.1 Å². The van der Waals surface area contributed by atoms with E-state index in [2.05, 4.69) is 56.5 Å². The van der Waals surface area contributed by atoms with Crippen molar-refractivity contribution in [2.24, 2.45) is 17.3 Å². The second kappa shape index (κ2) is 8.08. The summed E-state index contributed by atoms with van der Waals surface area (Å²) in [6, 6.07) is 10.3. The SMILES string of the molecule is CC(C)C1=C[C@@]2(CC[C@](C)(NC(=O)NCCc3ccccc3)C2)[C@@H](C)CC1. The lowest BCUT2D eigenvalue weighted by Gasteiger charge is -2.40. The highest BCUT2D eigenvalue weighted by molar-refractivity contribution is 5.74. The molecule has 2 aliphatic carbocycles. The van der Waals surface area contributed by atoms with Gasteiger partial charge >= 0.3 is 6.03 Å². The van der Waals surface area contributed by atoms with Crippen LogP contribution in [0.3, 0.4) is 0 Å². The lowest BCUT2D eigenvalue weighted by molar-refractivity contribution is 0.195. The number of rotatable bonds is 5. The van der Waals surface area contributed by atoms with E-state index < -0.39 is 0 Å². The van der Waals surface area contributed by atoms with E-state index in [0.717, 1.165) is 19.3 Å². The summed E-state index contributed by atoms with van der Waals surface area (Å²) in [6.07, 6.45) is 9.28. The minimum atomic E-state index is -0.110. The van der Waals surface area contributed by atoms with E-state index >= 15 is 0 Å². The van der Waals surface area contributed by atoms with Crippen molar-refractivity contribution in [2.75, 3.05) is 6.54 Å². The van der Waals surface area contributed by atoms with Crippen molar-refractivity contribution in [2.45, 2.75) is 71.8 Å². The second-order valence-electron chi connectivity index (χ2n) is 9.40. The van der Waals surface area contributed by atoms with Gasteiger partial charge in [0.25, 0.3) is 0 Å². The molecule has 148 valence electrons. The molecule has 0 aromatic heterocycles. The molecule has 1 saturated carbocycles. The molecule has 0 aliphatic heterocycles. The lowest BCUT2D eigenvalue weighted by Crippen LogP contribution is -2.50. The fourth-order valence-corrected chi connectivity index (χ4v) is 5.06. The number of carbonyl (C=O) groups is 1. The van der Waals surface area contributed by atoms with Gasteiger partial charge in [0.1, 0.15) is 0 Å². The first-order chi connectivity index (χ1) is 12.8. The fourth-order valence-electron chi connectivity index (χ4n) is 5.06. The smallest absolute Gasteiger partial charge is 0.315 e. The van der Waals surface area contributed by atoms with Gasteiger partial charge in [-0.25, -0.2) is 4.79 Å². The molecule has 0 unspecified atom stereocenters. The highest BCUT2D eigenvalue weighted by Gasteiger charge is 2.49. The van der Waals surface area contributed by atoms with Crippen molar-refractivity contribution in [3.8, 4) is 0 Å². The molecule has 1 spiro atoms. The molecule has 27 heavy (non-hydrogen) atoms. The average molecular weight is 369 g/mol. The second-order valence-corrected chi connectivity index (χ2v) is 9.40. The Bertz CT molecular complexity index is 681. The Labute approximate surface area is 165 Å². The van der Waals surface area contributed by atoms with E-state index in [1.807, 2.05) is 18.2 Å². The predicted octanol–water partition coefficient (Wildman–Crippen LogP) is 5.47. The normalized spacial score (nSPS) is 30.4. The van der Waals surface area contributed by atoms with Crippen LogP contribution >= 0.6 is 0 Å². The van der Waals surface area contributed by atoms with Crippen LogP contribution < -0.4 is 10.6 Å². The molecular formula is C24H36N2O. The maximum Gasteiger partial charge on any atom is 0.315 e. The number of nitrogens with one attached hydrogen (secondary N) is 2. The van der Waals surface area contributed by atoms with Crippen LogP contribution in [0, 0.1) is 17.3 Å². The molecule has 0 bridgehead atoms. The highest BCUT2D eigenvalue weighted by Crippen LogP contribution is 2.54. The summed E-state index contributed by atoms with van der Waals surface area (Å²) in [7, 11) is 0. The topological polar surface area (TPSA) is 41.1 Å². The largest absolute Gasteiger partial charge is 0.338 e. The molecule has 0 saturated heterocycles. The van der Waals surface area contributed by atoms with Crippen LogP contribution in [0.5, 0.6) is 0 Å². The third-order valence-electron chi connectivity index (χ3n) is 6.88. The number of urea groups is 1. The van der Waals surface area contributed by atoms with Crippen molar-refractivity contribution in [1.29, 1.82) is 0 Å². The van der Waals surface area contributed by atoms with E-state index in [1.165, 1.54) is 24.8 Å². The van der Waals surface area contributed by atoms with E-state index in [1.54, 1.807) is 5.57 Å². The van der Waals surface area contributed by atoms with Crippen molar-refractivity contribution in [3.05, 3.63) is 47.5 Å². The molecule has 1 aromatic rings. The molecule has 2 amide bonds. The highest BCUT2D eigenvalue weighted by atomic mass is 16.2. The summed E-state index contributed by atoms with van der Waals surface area (Å²) in [5.41, 5.74) is 3.03. The zero-order chi connectivity index (χ0) is 19.5. The Morgan fingerprint density at radius 2 is 1.96 bits per heavy atom. The predicted molar refractivity (Wildman–Crippen MR) is 113 cm³/mol. The van der Waals surface area contributed by atoms with Crippen LogP contribution in [0.4, 0.5) is 4.79 Å². The molecular weight excluding hydrogens is 332 g/mol. The molecule has 3 nitrogen and oxygen atoms in total. The van der Waals surface area contributed by atoms with Crippen molar-refractivity contribution in [3.63, 3.8) is 0 Å². The molecule has 3 rings (SSSR count). The van der Waals surface area contributed by atoms with Crippen LogP contribution in [0.2, 0.25) is 0 Å². The lowest BCUT2D eigenvalue weighted by atomic mass is 9.66. The first-order valence-electron chi connectivity index (χ1n) is 10.6. The first kappa shape index (κ1) is 20.0. The molecule has 1 fully saturated rings. The van der Waals surface area contributed by atoms with Gasteiger partial charge in [0.2, 0.25) is 0 Å². The van der Waals surface area contributed by atoms with Crippen LogP contribution in [-0.2, 0) is 6.42 Å². The van der Waals surface area contributed by atoms with E-state index in [9.17, 15) is 4.79 Å². The van der Waals surface area contributed by atoms with Crippen molar-refractivity contribution in [1.82, 2.24) is 10.6 Å². The molecule has 1 aromatic carbocycles. The zero-order valence-electron chi connectivity index (χ0n) is 17.5. The minimum Gasteiger partial charge on any atom is -0.338 e. The Hall–Kier alpha value is -1.77. The Balaban J connectivity index is 1.56. The van der Waals surface area contributed by atoms with Crippen molar-refractivity contribution >= 4 is 6.03 Å².